The molecule has 0 aromatic heterocycles. The number of thioether (sulfide) groups is 1. The number of aromatic hydroxyl groups is 1. The van der Waals surface area contributed by atoms with Crippen molar-refractivity contribution in [3.05, 3.63) is 65.7 Å². The van der Waals surface area contributed by atoms with Crippen molar-refractivity contribution < 1.29 is 44.0 Å². The van der Waals surface area contributed by atoms with Gasteiger partial charge in [-0.05, 0) is 69.3 Å². The van der Waals surface area contributed by atoms with Crippen LogP contribution in [0.1, 0.15) is 75.3 Å². The van der Waals surface area contributed by atoms with Gasteiger partial charge in [-0.25, -0.2) is 9.59 Å². The molecule has 1 saturated carbocycles. The van der Waals surface area contributed by atoms with Gasteiger partial charge in [0, 0.05) is 23.8 Å². The Morgan fingerprint density at radius 3 is 2.27 bits per heavy atom. The van der Waals surface area contributed by atoms with Crippen LogP contribution in [-0.2, 0) is 35.1 Å². The molecule has 0 bridgehead atoms. The summed E-state index contributed by atoms with van der Waals surface area (Å²) in [7, 11) is 0. The second kappa shape index (κ2) is 19.2. The molecule has 0 spiro atoms. The number of aliphatic carboxylic acids is 2. The number of carboxylic acids is 2. The second-order valence-electron chi connectivity index (χ2n) is 13.0. The molecule has 2 amide bonds. The van der Waals surface area contributed by atoms with E-state index in [-0.39, 0.29) is 48.5 Å². The van der Waals surface area contributed by atoms with Crippen molar-refractivity contribution in [2.75, 3.05) is 18.1 Å². The number of nitrogens with one attached hydrogen (secondary N) is 1. The van der Waals surface area contributed by atoms with E-state index in [9.17, 15) is 39.3 Å². The van der Waals surface area contributed by atoms with Crippen molar-refractivity contribution in [1.29, 1.82) is 0 Å². The van der Waals surface area contributed by atoms with Crippen LogP contribution in [0.4, 0.5) is 0 Å². The number of ether oxygens (including phenoxy) is 1. The third-order valence-electron chi connectivity index (χ3n) is 9.69. The molecule has 2 heterocycles. The van der Waals surface area contributed by atoms with E-state index in [1.165, 1.54) is 22.7 Å². The smallest absolute Gasteiger partial charge is 0.327 e. The molecular weight excluding hydrogens is 695 g/mol. The van der Waals surface area contributed by atoms with Crippen LogP contribution in [-0.4, -0.2) is 103 Å². The molecule has 5 rings (SSSR count). The maximum atomic E-state index is 13.4. The average Bonchev–Trinajstić information content (AvgIpc) is 3.74. The van der Waals surface area contributed by atoms with Crippen LogP contribution in [0, 0.1) is 5.92 Å². The van der Waals surface area contributed by atoms with E-state index in [1.54, 1.807) is 36.9 Å². The fourth-order valence-corrected chi connectivity index (χ4v) is 8.89. The Labute approximate surface area is 308 Å². The highest BCUT2D eigenvalue weighted by atomic mass is 32.2. The molecule has 1 aliphatic carbocycles. The number of hydrogen-bond acceptors (Lipinski definition) is 10. The van der Waals surface area contributed by atoms with E-state index in [1.807, 2.05) is 30.3 Å². The highest BCUT2D eigenvalue weighted by Crippen LogP contribution is 2.44. The summed E-state index contributed by atoms with van der Waals surface area (Å²) in [6, 6.07) is 13.6. The molecule has 2 aromatic rings. The van der Waals surface area contributed by atoms with E-state index >= 15 is 0 Å². The van der Waals surface area contributed by atoms with Crippen LogP contribution < -0.4 is 5.32 Å². The van der Waals surface area contributed by atoms with Crippen LogP contribution in [0.15, 0.2) is 54.6 Å². The Morgan fingerprint density at radius 2 is 1.63 bits per heavy atom. The van der Waals surface area contributed by atoms with Gasteiger partial charge in [0.25, 0.3) is 0 Å². The first-order valence-electron chi connectivity index (χ1n) is 17.5. The first-order valence-corrected chi connectivity index (χ1v) is 19.2. The molecule has 3 aliphatic rings. The molecule has 51 heavy (non-hydrogen) atoms. The number of para-hydroxylation sites is 1. The number of phenolic OH excluding ortho intramolecular Hbond substituents is 1. The number of fused-ring (bicyclic) bond motifs is 1. The van der Waals surface area contributed by atoms with Crippen molar-refractivity contribution in [2.45, 2.75) is 101 Å². The lowest BCUT2D eigenvalue weighted by atomic mass is 9.84. The number of amides is 2. The van der Waals surface area contributed by atoms with Crippen LogP contribution in [0.2, 0.25) is 0 Å². The lowest BCUT2D eigenvalue weighted by Gasteiger charge is -2.35. The molecule has 7 atom stereocenters. The second-order valence-corrected chi connectivity index (χ2v) is 14.6. The number of carbonyl (C=O) groups excluding carboxylic acids is 3. The van der Waals surface area contributed by atoms with Gasteiger partial charge in [0.15, 0.2) is 0 Å². The Bertz CT molecular complexity index is 1510. The zero-order valence-electron chi connectivity index (χ0n) is 29.1. The van der Waals surface area contributed by atoms with E-state index in [4.69, 9.17) is 4.74 Å². The summed E-state index contributed by atoms with van der Waals surface area (Å²) < 4.78 is 5.22. The molecule has 12 nitrogen and oxygen atoms in total. The number of hydrogen-bond donors (Lipinski definition) is 5. The van der Waals surface area contributed by atoms with Crippen molar-refractivity contribution in [2.24, 2.45) is 5.92 Å². The summed E-state index contributed by atoms with van der Waals surface area (Å²) in [6.45, 7) is 3.74. The number of aryl methyl sites for hydroxylation is 1. The highest BCUT2D eigenvalue weighted by Gasteiger charge is 2.48. The maximum absolute atomic E-state index is 13.4. The van der Waals surface area contributed by atoms with E-state index < -0.39 is 41.5 Å². The third-order valence-corrected chi connectivity index (χ3v) is 11.2. The van der Waals surface area contributed by atoms with Crippen molar-refractivity contribution in [1.82, 2.24) is 15.1 Å². The lowest BCUT2D eigenvalue weighted by Crippen LogP contribution is -2.55. The number of benzene rings is 2. The normalized spacial score (nSPS) is 23.7. The number of esters is 1. The van der Waals surface area contributed by atoms with Crippen molar-refractivity contribution in [3.8, 4) is 5.75 Å². The van der Waals surface area contributed by atoms with Gasteiger partial charge >= 0.3 is 17.9 Å². The number of nitrogens with zero attached hydrogens (tertiary/aromatic N) is 2. The molecule has 2 aromatic carbocycles. The Morgan fingerprint density at radius 1 is 0.961 bits per heavy atom. The predicted octanol–water partition coefficient (Wildman–Crippen LogP) is 4.51. The molecular formula is C37H49N3O9S2. The standard InChI is InChI=1S/C24H34N2O5.C13H15NO4S2/c1-3-31-24(30)19(14-13-17-9-5-4-6-10-17)25-16(2)22(27)26-20-12-8-7-11-18(20)15-21(26)23(28)29;15-10-4-2-1-3-8(10)12-14(11(16)5-6-19)9(7-20-12)13(17)18/h4-6,9-10,16,18-21,25H,3,7-8,11-15H2,1-2H3,(H,28,29);1-4,9,12,15,19H,5-7H2,(H,17,18)/t16-,18-,19-,20-,21-;9-,12+/m00/s1. The van der Waals surface area contributed by atoms with E-state index in [2.05, 4.69) is 17.9 Å². The minimum Gasteiger partial charge on any atom is -0.508 e. The summed E-state index contributed by atoms with van der Waals surface area (Å²) in [5.41, 5.74) is 1.67. The third kappa shape index (κ3) is 10.2. The molecule has 14 heteroatoms. The highest BCUT2D eigenvalue weighted by molar-refractivity contribution is 7.99. The minimum atomic E-state index is -1.03. The lowest BCUT2D eigenvalue weighted by molar-refractivity contribution is -0.152. The molecule has 2 saturated heterocycles. The van der Waals surface area contributed by atoms with Crippen LogP contribution in [0.5, 0.6) is 5.75 Å². The molecule has 3 fully saturated rings. The number of thiol groups is 1. The van der Waals surface area contributed by atoms with Gasteiger partial charge in [-0.15, -0.1) is 11.8 Å². The maximum Gasteiger partial charge on any atom is 0.327 e. The molecule has 2 aliphatic heterocycles. The van der Waals surface area contributed by atoms with Crippen molar-refractivity contribution >= 4 is 54.1 Å². The van der Waals surface area contributed by atoms with Crippen LogP contribution in [0.25, 0.3) is 0 Å². The summed E-state index contributed by atoms with van der Waals surface area (Å²) in [5, 5.41) is 31.6. The monoisotopic (exact) mass is 743 g/mol. The molecule has 0 unspecified atom stereocenters. The SMILES string of the molecule is CCOC(=O)[C@H](CCc1ccccc1)N[C@@H](C)C(=O)N1[C@H](C(=O)O)C[C@@H]2CCCC[C@@H]21.O=C(O)[C@@H]1CS[C@H](c2ccccc2O)N1C(=O)CCS. The molecule has 0 radical (unpaired) electrons. The number of phenols is 1. The average molecular weight is 744 g/mol. The summed E-state index contributed by atoms with van der Waals surface area (Å²) in [6.07, 6.45) is 5.80. The summed E-state index contributed by atoms with van der Waals surface area (Å²) in [5.74, 6) is -1.85. The summed E-state index contributed by atoms with van der Waals surface area (Å²) in [4.78, 5) is 64.2. The van der Waals surface area contributed by atoms with Crippen molar-refractivity contribution in [3.63, 3.8) is 0 Å². The fraction of sp³-hybridized carbons (Fsp3) is 0.541. The number of likely N-dealkylation sites (tertiary alicyclic amines) is 1. The van der Waals surface area contributed by atoms with E-state index in [0.29, 0.717) is 36.3 Å². The van der Waals surface area contributed by atoms with Gasteiger partial charge in [0.05, 0.1) is 12.6 Å². The predicted molar refractivity (Wildman–Crippen MR) is 196 cm³/mol. The molecule has 4 N–H and O–H groups in total. The van der Waals surface area contributed by atoms with Gasteiger partial charge in [-0.1, -0.05) is 61.4 Å². The van der Waals surface area contributed by atoms with Gasteiger partial charge < -0.3 is 29.9 Å². The van der Waals surface area contributed by atoms with Crippen LogP contribution in [0.3, 0.4) is 0 Å². The first-order chi connectivity index (χ1) is 24.5. The van der Waals surface area contributed by atoms with Gasteiger partial charge in [-0.3, -0.25) is 19.7 Å². The number of rotatable bonds is 13. The largest absolute Gasteiger partial charge is 0.508 e. The number of carbonyl (C=O) groups is 5. The van der Waals surface area contributed by atoms with Crippen LogP contribution >= 0.6 is 24.4 Å². The molecule has 278 valence electrons. The zero-order chi connectivity index (χ0) is 37.1. The first kappa shape index (κ1) is 40.0. The Hall–Kier alpha value is -3.75. The van der Waals surface area contributed by atoms with Gasteiger partial charge in [0.1, 0.15) is 29.2 Å². The Kier molecular flexibility index (Phi) is 15.1. The topological polar surface area (TPSA) is 174 Å². The summed E-state index contributed by atoms with van der Waals surface area (Å²) >= 11 is 5.37. The van der Waals surface area contributed by atoms with Gasteiger partial charge in [0.2, 0.25) is 11.8 Å². The van der Waals surface area contributed by atoms with E-state index in [0.717, 1.165) is 31.2 Å². The fourth-order valence-electron chi connectivity index (χ4n) is 7.22. The van der Waals surface area contributed by atoms with Gasteiger partial charge in [-0.2, -0.15) is 12.6 Å². The quantitative estimate of drug-likeness (QED) is 0.144. The Balaban J connectivity index is 0.000000251. The number of carboxylic acid groups (broad SMARTS) is 2. The zero-order valence-corrected chi connectivity index (χ0v) is 30.8. The minimum absolute atomic E-state index is 0.0167.